The van der Waals surface area contributed by atoms with E-state index in [1.807, 2.05) is 38.1 Å². The molecule has 0 aliphatic rings. The van der Waals surface area contributed by atoms with Gasteiger partial charge in [-0.15, -0.1) is 0 Å². The standard InChI is InChI=1S/C20H21BrF3N/c1-14(2)7-12-19(25-13-16-5-3-4-6-18(16)21)15-8-10-17(11-9-15)20(22,23)24/h3-11,19,25H,12-13H2,1-2H3. The molecule has 0 saturated carbocycles. The normalized spacial score (nSPS) is 12.7. The van der Waals surface area contributed by atoms with Gasteiger partial charge in [0.25, 0.3) is 0 Å². The minimum Gasteiger partial charge on any atom is -0.306 e. The van der Waals surface area contributed by atoms with Gasteiger partial charge in [-0.2, -0.15) is 13.2 Å². The van der Waals surface area contributed by atoms with Crippen LogP contribution in [0.2, 0.25) is 0 Å². The minimum atomic E-state index is -4.31. The van der Waals surface area contributed by atoms with Crippen molar-refractivity contribution in [3.63, 3.8) is 0 Å². The maximum absolute atomic E-state index is 12.8. The van der Waals surface area contributed by atoms with Crippen molar-refractivity contribution in [2.45, 2.75) is 39.0 Å². The van der Waals surface area contributed by atoms with Gasteiger partial charge in [0.2, 0.25) is 0 Å². The van der Waals surface area contributed by atoms with E-state index in [0.717, 1.165) is 34.2 Å². The molecule has 0 spiro atoms. The van der Waals surface area contributed by atoms with E-state index in [1.165, 1.54) is 5.57 Å². The molecule has 0 fully saturated rings. The molecular formula is C20H21BrF3N. The summed E-state index contributed by atoms with van der Waals surface area (Å²) >= 11 is 3.52. The van der Waals surface area contributed by atoms with Gasteiger partial charge >= 0.3 is 6.18 Å². The minimum absolute atomic E-state index is 0.0516. The Bertz CT molecular complexity index is 716. The van der Waals surface area contributed by atoms with Crippen molar-refractivity contribution in [2.24, 2.45) is 0 Å². The van der Waals surface area contributed by atoms with E-state index < -0.39 is 11.7 Å². The van der Waals surface area contributed by atoms with E-state index in [2.05, 4.69) is 27.3 Å². The Balaban J connectivity index is 2.18. The molecule has 0 saturated heterocycles. The summed E-state index contributed by atoms with van der Waals surface area (Å²) in [6, 6.07) is 13.2. The quantitative estimate of drug-likeness (QED) is 0.524. The van der Waals surface area contributed by atoms with E-state index in [4.69, 9.17) is 0 Å². The molecule has 25 heavy (non-hydrogen) atoms. The fourth-order valence-corrected chi connectivity index (χ4v) is 2.90. The summed E-state index contributed by atoms with van der Waals surface area (Å²) in [6.07, 6.45) is -1.50. The molecule has 0 radical (unpaired) electrons. The average Bonchev–Trinajstić information content (AvgIpc) is 2.55. The number of allylic oxidation sites excluding steroid dienone is 1. The molecule has 2 rings (SSSR count). The number of hydrogen-bond acceptors (Lipinski definition) is 1. The van der Waals surface area contributed by atoms with Crippen LogP contribution in [0.4, 0.5) is 13.2 Å². The maximum atomic E-state index is 12.8. The highest BCUT2D eigenvalue weighted by Crippen LogP contribution is 2.30. The molecule has 0 aromatic heterocycles. The van der Waals surface area contributed by atoms with E-state index >= 15 is 0 Å². The highest BCUT2D eigenvalue weighted by atomic mass is 79.9. The van der Waals surface area contributed by atoms with Gasteiger partial charge in [0.15, 0.2) is 0 Å². The summed E-state index contributed by atoms with van der Waals surface area (Å²) in [5.74, 6) is 0. The summed E-state index contributed by atoms with van der Waals surface area (Å²) in [7, 11) is 0. The first kappa shape index (κ1) is 19.7. The maximum Gasteiger partial charge on any atom is 0.416 e. The number of halogens is 4. The number of rotatable bonds is 6. The topological polar surface area (TPSA) is 12.0 Å². The van der Waals surface area contributed by atoms with Crippen molar-refractivity contribution in [3.05, 3.63) is 81.3 Å². The van der Waals surface area contributed by atoms with Crippen LogP contribution in [0, 0.1) is 0 Å². The van der Waals surface area contributed by atoms with Crippen LogP contribution >= 0.6 is 15.9 Å². The van der Waals surface area contributed by atoms with Crippen LogP contribution in [-0.4, -0.2) is 0 Å². The summed E-state index contributed by atoms with van der Waals surface area (Å²) in [5.41, 5.74) is 2.51. The van der Waals surface area contributed by atoms with Crippen molar-refractivity contribution >= 4 is 15.9 Å². The van der Waals surface area contributed by atoms with Crippen molar-refractivity contribution in [1.82, 2.24) is 5.32 Å². The molecule has 134 valence electrons. The Labute approximate surface area is 155 Å². The molecule has 0 aliphatic heterocycles. The van der Waals surface area contributed by atoms with Crippen molar-refractivity contribution in [2.75, 3.05) is 0 Å². The van der Waals surface area contributed by atoms with Gasteiger partial charge in [0.05, 0.1) is 5.56 Å². The van der Waals surface area contributed by atoms with Gasteiger partial charge in [-0.1, -0.05) is 57.9 Å². The van der Waals surface area contributed by atoms with Crippen LogP contribution < -0.4 is 5.32 Å². The van der Waals surface area contributed by atoms with Crippen LogP contribution in [-0.2, 0) is 12.7 Å². The fraction of sp³-hybridized carbons (Fsp3) is 0.300. The molecule has 5 heteroatoms. The van der Waals surface area contributed by atoms with Gasteiger partial charge in [0, 0.05) is 17.1 Å². The van der Waals surface area contributed by atoms with E-state index in [0.29, 0.717) is 6.54 Å². The number of hydrogen-bond donors (Lipinski definition) is 1. The Hall–Kier alpha value is -1.59. The van der Waals surface area contributed by atoms with Gasteiger partial charge < -0.3 is 5.32 Å². The van der Waals surface area contributed by atoms with E-state index in [-0.39, 0.29) is 6.04 Å². The third kappa shape index (κ3) is 6.01. The predicted octanol–water partition coefficient (Wildman–Crippen LogP) is 6.66. The zero-order valence-electron chi connectivity index (χ0n) is 14.2. The van der Waals surface area contributed by atoms with E-state index in [9.17, 15) is 13.2 Å². The van der Waals surface area contributed by atoms with Gasteiger partial charge in [0.1, 0.15) is 0 Å². The third-order valence-electron chi connectivity index (χ3n) is 3.90. The summed E-state index contributed by atoms with van der Waals surface area (Å²) in [4.78, 5) is 0. The van der Waals surface area contributed by atoms with Crippen LogP contribution in [0.5, 0.6) is 0 Å². The zero-order chi connectivity index (χ0) is 18.4. The first-order valence-corrected chi connectivity index (χ1v) is 8.84. The first-order chi connectivity index (χ1) is 11.8. The smallest absolute Gasteiger partial charge is 0.306 e. The Kier molecular flexibility index (Phi) is 6.85. The van der Waals surface area contributed by atoms with Crippen molar-refractivity contribution < 1.29 is 13.2 Å². The van der Waals surface area contributed by atoms with Crippen LogP contribution in [0.3, 0.4) is 0 Å². The largest absolute Gasteiger partial charge is 0.416 e. The molecule has 1 nitrogen and oxygen atoms in total. The second kappa shape index (κ2) is 8.68. The molecule has 0 amide bonds. The van der Waals surface area contributed by atoms with Gasteiger partial charge in [-0.25, -0.2) is 0 Å². The molecule has 1 N–H and O–H groups in total. The summed E-state index contributed by atoms with van der Waals surface area (Å²) < 4.78 is 39.3. The third-order valence-corrected chi connectivity index (χ3v) is 4.67. The molecule has 0 aliphatic carbocycles. The predicted molar refractivity (Wildman–Crippen MR) is 99.2 cm³/mol. The lowest BCUT2D eigenvalue weighted by atomic mass is 10.0. The van der Waals surface area contributed by atoms with Crippen molar-refractivity contribution in [3.8, 4) is 0 Å². The fourth-order valence-electron chi connectivity index (χ4n) is 2.47. The second-order valence-corrected chi connectivity index (χ2v) is 7.02. The lowest BCUT2D eigenvalue weighted by molar-refractivity contribution is -0.137. The molecule has 2 aromatic rings. The lowest BCUT2D eigenvalue weighted by Crippen LogP contribution is -2.21. The zero-order valence-corrected chi connectivity index (χ0v) is 15.8. The number of benzene rings is 2. The average molecular weight is 412 g/mol. The Morgan fingerprint density at radius 1 is 1.08 bits per heavy atom. The Morgan fingerprint density at radius 2 is 1.72 bits per heavy atom. The second-order valence-electron chi connectivity index (χ2n) is 6.16. The van der Waals surface area contributed by atoms with Crippen LogP contribution in [0.15, 0.2) is 64.7 Å². The molecule has 1 atom stereocenters. The molecule has 0 bridgehead atoms. The highest BCUT2D eigenvalue weighted by Gasteiger charge is 2.30. The molecule has 0 heterocycles. The number of alkyl halides is 3. The Morgan fingerprint density at radius 3 is 2.28 bits per heavy atom. The molecule has 2 aromatic carbocycles. The highest BCUT2D eigenvalue weighted by molar-refractivity contribution is 9.10. The monoisotopic (exact) mass is 411 g/mol. The first-order valence-electron chi connectivity index (χ1n) is 8.04. The van der Waals surface area contributed by atoms with E-state index in [1.54, 1.807) is 12.1 Å². The SMILES string of the molecule is CC(C)=CCC(NCc1ccccc1Br)c1ccc(C(F)(F)F)cc1. The van der Waals surface area contributed by atoms with Gasteiger partial charge in [-0.05, 0) is 49.6 Å². The molecule has 1 unspecified atom stereocenters. The number of nitrogens with one attached hydrogen (secondary N) is 1. The summed E-state index contributed by atoms with van der Waals surface area (Å²) in [6.45, 7) is 4.65. The van der Waals surface area contributed by atoms with Crippen molar-refractivity contribution in [1.29, 1.82) is 0 Å². The van der Waals surface area contributed by atoms with Crippen LogP contribution in [0.1, 0.15) is 43.0 Å². The molecular weight excluding hydrogens is 391 g/mol. The summed E-state index contributed by atoms with van der Waals surface area (Å²) in [5, 5.41) is 3.45. The van der Waals surface area contributed by atoms with Gasteiger partial charge in [-0.3, -0.25) is 0 Å². The lowest BCUT2D eigenvalue weighted by Gasteiger charge is -2.19. The van der Waals surface area contributed by atoms with Crippen LogP contribution in [0.25, 0.3) is 0 Å².